The Morgan fingerprint density at radius 2 is 1.78 bits per heavy atom. The van der Waals surface area contributed by atoms with Gasteiger partial charge in [0.1, 0.15) is 5.75 Å². The highest BCUT2D eigenvalue weighted by molar-refractivity contribution is 14.1. The Bertz CT molecular complexity index is 415. The normalized spacial score (nSPS) is 12.1. The highest BCUT2D eigenvalue weighted by Crippen LogP contribution is 2.52. The second kappa shape index (κ2) is 6.64. The quantitative estimate of drug-likeness (QED) is 0.389. The van der Waals surface area contributed by atoms with Gasteiger partial charge < -0.3 is 9.84 Å². The van der Waals surface area contributed by atoms with Crippen molar-refractivity contribution in [1.29, 1.82) is 0 Å². The van der Waals surface area contributed by atoms with Crippen molar-refractivity contribution in [2.45, 2.75) is 58.3 Å². The Morgan fingerprint density at radius 1 is 1.11 bits per heavy atom. The van der Waals surface area contributed by atoms with Gasteiger partial charge in [0.2, 0.25) is 0 Å². The molecule has 1 N–H and O–H groups in total. The highest BCUT2D eigenvalue weighted by Gasteiger charge is 2.28. The number of unbranched alkanes of at least 4 members (excludes halogenated alkanes) is 6. The molecule has 100 valence electrons. The van der Waals surface area contributed by atoms with Crippen LogP contribution in [0.3, 0.4) is 0 Å². The van der Waals surface area contributed by atoms with Gasteiger partial charge in [-0.25, -0.2) is 0 Å². The second-order valence-corrected chi connectivity index (χ2v) is 6.07. The molecule has 0 fully saturated rings. The number of ether oxygens (including phenoxy) is 1. The van der Waals surface area contributed by atoms with Gasteiger partial charge in [-0.05, 0) is 35.4 Å². The molecule has 1 aromatic carbocycles. The molecule has 0 atom stereocenters. The van der Waals surface area contributed by atoms with Gasteiger partial charge in [-0.3, -0.25) is 0 Å². The third-order valence-corrected chi connectivity index (χ3v) is 4.61. The minimum Gasteiger partial charge on any atom is -0.507 e. The van der Waals surface area contributed by atoms with Crippen molar-refractivity contribution in [1.82, 2.24) is 0 Å². The Morgan fingerprint density at radius 3 is 2.50 bits per heavy atom. The van der Waals surface area contributed by atoms with Crippen molar-refractivity contribution in [3.05, 3.63) is 15.2 Å². The van der Waals surface area contributed by atoms with Crippen LogP contribution in [0.5, 0.6) is 17.2 Å². The van der Waals surface area contributed by atoms with Gasteiger partial charge in [0.15, 0.2) is 11.5 Å². The van der Waals surface area contributed by atoms with Crippen molar-refractivity contribution >= 4 is 22.6 Å². The zero-order valence-electron chi connectivity index (χ0n) is 11.0. The molecule has 2 nitrogen and oxygen atoms in total. The Labute approximate surface area is 123 Å². The first-order valence-electron chi connectivity index (χ1n) is 6.96. The molecular weight excluding hydrogens is 339 g/mol. The summed E-state index contributed by atoms with van der Waals surface area (Å²) in [5, 5.41) is 9.89. The average molecular weight is 360 g/mol. The molecule has 0 unspecified atom stereocenters. The predicted octanol–water partition coefficient (Wildman–Crippen LogP) is 5.40. The van der Waals surface area contributed by atoms with Gasteiger partial charge in [-0.2, -0.15) is 0 Å². The Hall–Kier alpha value is -0.450. The third kappa shape index (κ3) is 3.53. The smallest absolute Gasteiger partial charge is 0.184 e. The van der Waals surface area contributed by atoms with E-state index in [1.54, 1.807) is 6.07 Å². The van der Waals surface area contributed by atoms with Crippen LogP contribution in [0.15, 0.2) is 6.07 Å². The topological polar surface area (TPSA) is 32.8 Å². The van der Waals surface area contributed by atoms with Gasteiger partial charge in [0.25, 0.3) is 0 Å². The van der Waals surface area contributed by atoms with E-state index >= 15 is 0 Å². The van der Waals surface area contributed by atoms with Crippen molar-refractivity contribution in [3.63, 3.8) is 0 Å². The van der Waals surface area contributed by atoms with Crippen molar-refractivity contribution in [3.8, 4) is 17.2 Å². The monoisotopic (exact) mass is 360 g/mol. The summed E-state index contributed by atoms with van der Waals surface area (Å²) in [4.78, 5) is 0. The summed E-state index contributed by atoms with van der Waals surface area (Å²) in [5.74, 6) is 2.23. The molecule has 3 heteroatoms. The number of halogens is 1. The summed E-state index contributed by atoms with van der Waals surface area (Å²) >= 11 is 2.28. The van der Waals surface area contributed by atoms with Gasteiger partial charge >= 0.3 is 0 Å². The zero-order valence-corrected chi connectivity index (χ0v) is 13.1. The van der Waals surface area contributed by atoms with Crippen molar-refractivity contribution in [2.75, 3.05) is 0 Å². The largest absolute Gasteiger partial charge is 0.507 e. The summed E-state index contributed by atoms with van der Waals surface area (Å²) in [5.41, 5.74) is 1.07. The van der Waals surface area contributed by atoms with E-state index in [0.717, 1.165) is 33.5 Å². The minimum absolute atomic E-state index is 0.404. The minimum atomic E-state index is 0.404. The highest BCUT2D eigenvalue weighted by atomic mass is 127. The molecule has 1 aliphatic heterocycles. The lowest BCUT2D eigenvalue weighted by atomic mass is 10.0. The van der Waals surface area contributed by atoms with E-state index < -0.39 is 0 Å². The maximum atomic E-state index is 9.89. The number of rotatable bonds is 8. The van der Waals surface area contributed by atoms with Crippen LogP contribution in [0.1, 0.15) is 57.4 Å². The lowest BCUT2D eigenvalue weighted by Gasteiger charge is -2.05. The van der Waals surface area contributed by atoms with E-state index in [-0.39, 0.29) is 0 Å². The summed E-state index contributed by atoms with van der Waals surface area (Å²) in [6.07, 6.45) is 10.1. The number of benzene rings is 1. The summed E-state index contributed by atoms with van der Waals surface area (Å²) in [6.45, 7) is 2.25. The zero-order chi connectivity index (χ0) is 13.0. The first-order chi connectivity index (χ1) is 8.74. The fourth-order valence-electron chi connectivity index (χ4n) is 2.29. The van der Waals surface area contributed by atoms with Crippen LogP contribution in [0.2, 0.25) is 0 Å². The molecule has 0 spiro atoms. The Balaban J connectivity index is 1.70. The second-order valence-electron chi connectivity index (χ2n) is 4.99. The first kappa shape index (κ1) is 14.0. The van der Waals surface area contributed by atoms with Gasteiger partial charge in [0.05, 0.1) is 3.57 Å². The maximum absolute atomic E-state index is 9.89. The lowest BCUT2D eigenvalue weighted by Crippen LogP contribution is -1.89. The number of hydrogen-bond acceptors (Lipinski definition) is 2. The van der Waals surface area contributed by atoms with E-state index in [0.29, 0.717) is 5.75 Å². The molecule has 1 heterocycles. The average Bonchev–Trinajstić information content (AvgIpc) is 3.11. The van der Waals surface area contributed by atoms with Gasteiger partial charge in [0, 0.05) is 11.6 Å². The predicted molar refractivity (Wildman–Crippen MR) is 82.6 cm³/mol. The van der Waals surface area contributed by atoms with Crippen LogP contribution in [0.4, 0.5) is 0 Å². The summed E-state index contributed by atoms with van der Waals surface area (Å²) in [7, 11) is 0. The van der Waals surface area contributed by atoms with E-state index in [1.807, 2.05) is 0 Å². The molecule has 0 saturated carbocycles. The molecule has 0 amide bonds. The SMILES string of the molecule is CCCCCCCCCc1c(O)cc2c(c1I)O2. The van der Waals surface area contributed by atoms with Crippen molar-refractivity contribution in [2.24, 2.45) is 0 Å². The van der Waals surface area contributed by atoms with Crippen LogP contribution in [0.25, 0.3) is 0 Å². The number of phenols is 1. The number of hydrogen-bond donors (Lipinski definition) is 1. The molecule has 1 aromatic rings. The number of fused-ring (bicyclic) bond motifs is 1. The molecule has 18 heavy (non-hydrogen) atoms. The molecule has 0 bridgehead atoms. The van der Waals surface area contributed by atoms with Crippen LogP contribution in [0, 0.1) is 3.57 Å². The number of phenolic OH excluding ortho intramolecular Hbond substituents is 1. The summed E-state index contributed by atoms with van der Waals surface area (Å²) < 4.78 is 6.40. The van der Waals surface area contributed by atoms with E-state index in [9.17, 15) is 5.11 Å². The summed E-state index contributed by atoms with van der Waals surface area (Å²) in [6, 6.07) is 1.74. The van der Waals surface area contributed by atoms with E-state index in [4.69, 9.17) is 4.74 Å². The van der Waals surface area contributed by atoms with Gasteiger partial charge in [-0.15, -0.1) is 0 Å². The van der Waals surface area contributed by atoms with Crippen LogP contribution in [-0.2, 0) is 6.42 Å². The van der Waals surface area contributed by atoms with E-state index in [1.165, 1.54) is 38.5 Å². The molecule has 0 aliphatic carbocycles. The molecule has 0 aromatic heterocycles. The van der Waals surface area contributed by atoms with E-state index in [2.05, 4.69) is 29.5 Å². The molecule has 0 saturated heterocycles. The van der Waals surface area contributed by atoms with Gasteiger partial charge in [-0.1, -0.05) is 45.4 Å². The van der Waals surface area contributed by atoms with Crippen molar-refractivity contribution < 1.29 is 9.84 Å². The molecule has 1 aliphatic rings. The molecule has 0 radical (unpaired) electrons. The standard InChI is InChI=1S/C15H21IO2/c1-2-3-4-5-6-7-8-9-11-12(17)10-13-15(18-13)14(11)16/h10,17H,2-9H2,1H3. The lowest BCUT2D eigenvalue weighted by molar-refractivity contribution is 0.465. The maximum Gasteiger partial charge on any atom is 0.184 e. The fraction of sp³-hybridized carbons (Fsp3) is 0.600. The molecular formula is C15H21IO2. The molecule has 2 rings (SSSR count). The number of aromatic hydroxyl groups is 1. The van der Waals surface area contributed by atoms with Crippen LogP contribution < -0.4 is 4.74 Å². The Kier molecular flexibility index (Phi) is 5.15. The van der Waals surface area contributed by atoms with Crippen LogP contribution >= 0.6 is 22.6 Å². The van der Waals surface area contributed by atoms with Crippen LogP contribution in [-0.4, -0.2) is 5.11 Å². The third-order valence-electron chi connectivity index (χ3n) is 3.47. The fourth-order valence-corrected chi connectivity index (χ4v) is 3.21. The first-order valence-corrected chi connectivity index (χ1v) is 8.04.